The molecule has 5 rings (SSSR count). The highest BCUT2D eigenvalue weighted by Crippen LogP contribution is 2.40. The van der Waals surface area contributed by atoms with Crippen LogP contribution in [-0.4, -0.2) is 79.7 Å². The summed E-state index contributed by atoms with van der Waals surface area (Å²) in [7, 11) is -3.52. The molecule has 0 spiro atoms. The Hall–Kier alpha value is -2.99. The van der Waals surface area contributed by atoms with Gasteiger partial charge in [-0.25, -0.2) is 27.6 Å². The van der Waals surface area contributed by atoms with Crippen molar-refractivity contribution < 1.29 is 32.2 Å². The molecule has 3 aliphatic heterocycles. The SMILES string of the molecule is CS(=O)(=O)c1ccc(N2CCc3c(OC4C5COCC4CN(C(=O)O)C5)ncnc32)c(F)c1. The molecule has 2 aromatic rings. The van der Waals surface area contributed by atoms with E-state index >= 15 is 0 Å². The summed E-state index contributed by atoms with van der Waals surface area (Å²) in [6.07, 6.45) is 1.72. The molecule has 1 aromatic carbocycles. The lowest BCUT2D eigenvalue weighted by Gasteiger charge is -2.45. The minimum absolute atomic E-state index is 0.0867. The fraction of sp³-hybridized carbons (Fsp3) is 0.476. The second-order valence-corrected chi connectivity index (χ2v) is 10.6. The van der Waals surface area contributed by atoms with E-state index in [0.717, 1.165) is 17.9 Å². The number of halogens is 1. The van der Waals surface area contributed by atoms with Gasteiger partial charge in [0.2, 0.25) is 5.88 Å². The molecule has 2 bridgehead atoms. The third kappa shape index (κ3) is 3.97. The number of nitrogens with zero attached hydrogens (tertiary/aromatic N) is 4. The number of carbonyl (C=O) groups is 1. The number of aromatic nitrogens is 2. The van der Waals surface area contributed by atoms with E-state index in [1.54, 1.807) is 4.90 Å². The van der Waals surface area contributed by atoms with E-state index in [9.17, 15) is 22.7 Å². The summed E-state index contributed by atoms with van der Waals surface area (Å²) in [6, 6.07) is 3.83. The zero-order chi connectivity index (χ0) is 23.3. The molecule has 176 valence electrons. The van der Waals surface area contributed by atoms with Crippen molar-refractivity contribution in [3.05, 3.63) is 35.9 Å². The van der Waals surface area contributed by atoms with Gasteiger partial charge in [0.25, 0.3) is 0 Å². The molecule has 33 heavy (non-hydrogen) atoms. The van der Waals surface area contributed by atoms with Crippen LogP contribution in [0.25, 0.3) is 0 Å². The van der Waals surface area contributed by atoms with Crippen molar-refractivity contribution in [2.75, 3.05) is 44.0 Å². The molecule has 1 aromatic heterocycles. The van der Waals surface area contributed by atoms with Crippen LogP contribution in [-0.2, 0) is 21.0 Å². The summed E-state index contributed by atoms with van der Waals surface area (Å²) in [5, 5.41) is 9.37. The third-order valence-electron chi connectivity index (χ3n) is 6.38. The summed E-state index contributed by atoms with van der Waals surface area (Å²) < 4.78 is 50.2. The van der Waals surface area contributed by atoms with Gasteiger partial charge in [0.15, 0.2) is 9.84 Å². The van der Waals surface area contributed by atoms with Crippen LogP contribution in [0.1, 0.15) is 5.56 Å². The van der Waals surface area contributed by atoms with Crippen molar-refractivity contribution in [2.45, 2.75) is 17.4 Å². The summed E-state index contributed by atoms with van der Waals surface area (Å²) in [5.41, 5.74) is 0.967. The molecule has 2 fully saturated rings. The monoisotopic (exact) mass is 478 g/mol. The quantitative estimate of drug-likeness (QED) is 0.700. The molecule has 1 amide bonds. The van der Waals surface area contributed by atoms with Crippen LogP contribution in [0.15, 0.2) is 29.4 Å². The summed E-state index contributed by atoms with van der Waals surface area (Å²) in [6.45, 7) is 1.90. The van der Waals surface area contributed by atoms with Gasteiger partial charge in [0.1, 0.15) is 24.1 Å². The number of anilines is 2. The second kappa shape index (κ2) is 8.10. The number of hydrogen-bond acceptors (Lipinski definition) is 8. The fourth-order valence-corrected chi connectivity index (χ4v) is 5.45. The molecule has 4 heterocycles. The number of fused-ring (bicyclic) bond motifs is 3. The van der Waals surface area contributed by atoms with Crippen molar-refractivity contribution in [3.8, 4) is 5.88 Å². The number of piperidine rings is 1. The highest BCUT2D eigenvalue weighted by molar-refractivity contribution is 7.90. The van der Waals surface area contributed by atoms with E-state index < -0.39 is 21.7 Å². The number of ether oxygens (including phenoxy) is 2. The predicted molar refractivity (Wildman–Crippen MR) is 114 cm³/mol. The molecule has 2 atom stereocenters. The standard InChI is InChI=1S/C21H23FN4O6S/c1-33(29,30)14-2-3-17(16(22)6-14)26-5-4-15-19(26)23-11-24-20(15)32-18-12-7-25(21(27)28)8-13(18)10-31-9-12/h2-3,6,11-13,18H,4-5,7-10H2,1H3,(H,27,28). The van der Waals surface area contributed by atoms with Crippen LogP contribution in [0, 0.1) is 17.7 Å². The lowest BCUT2D eigenvalue weighted by molar-refractivity contribution is -0.108. The number of carboxylic acid groups (broad SMARTS) is 1. The lowest BCUT2D eigenvalue weighted by atomic mass is 9.84. The van der Waals surface area contributed by atoms with E-state index in [-0.39, 0.29) is 28.5 Å². The molecule has 2 saturated heterocycles. The minimum Gasteiger partial charge on any atom is -0.473 e. The van der Waals surface area contributed by atoms with Crippen LogP contribution in [0.3, 0.4) is 0 Å². The Bertz CT molecular complexity index is 1200. The van der Waals surface area contributed by atoms with E-state index in [0.29, 0.717) is 51.0 Å². The van der Waals surface area contributed by atoms with E-state index in [1.807, 2.05) is 0 Å². The van der Waals surface area contributed by atoms with Crippen LogP contribution >= 0.6 is 0 Å². The summed E-state index contributed by atoms with van der Waals surface area (Å²) in [4.78, 5) is 23.1. The predicted octanol–water partition coefficient (Wildman–Crippen LogP) is 1.72. The molecular weight excluding hydrogens is 455 g/mol. The zero-order valence-corrected chi connectivity index (χ0v) is 18.7. The Labute approximate surface area is 189 Å². The molecule has 1 N–H and O–H groups in total. The number of rotatable bonds is 4. The third-order valence-corrected chi connectivity index (χ3v) is 7.49. The average Bonchev–Trinajstić information content (AvgIpc) is 3.17. The number of sulfone groups is 1. The number of hydrogen-bond donors (Lipinski definition) is 1. The van der Waals surface area contributed by atoms with Gasteiger partial charge < -0.3 is 24.4 Å². The van der Waals surface area contributed by atoms with Crippen molar-refractivity contribution in [2.24, 2.45) is 11.8 Å². The van der Waals surface area contributed by atoms with Crippen molar-refractivity contribution >= 4 is 27.4 Å². The second-order valence-electron chi connectivity index (χ2n) is 8.60. The minimum atomic E-state index is -3.52. The molecular formula is C21H23FN4O6S. The van der Waals surface area contributed by atoms with E-state index in [4.69, 9.17) is 9.47 Å². The smallest absolute Gasteiger partial charge is 0.407 e. The number of amides is 1. The largest absolute Gasteiger partial charge is 0.473 e. The highest BCUT2D eigenvalue weighted by atomic mass is 32.2. The Kier molecular flexibility index (Phi) is 5.36. The van der Waals surface area contributed by atoms with Crippen molar-refractivity contribution in [3.63, 3.8) is 0 Å². The topological polar surface area (TPSA) is 122 Å². The maximum absolute atomic E-state index is 14.8. The normalized spacial score (nSPS) is 24.5. The summed E-state index contributed by atoms with van der Waals surface area (Å²) in [5.74, 6) is 0.0340. The van der Waals surface area contributed by atoms with Gasteiger partial charge in [-0.3, -0.25) is 0 Å². The van der Waals surface area contributed by atoms with Gasteiger partial charge in [-0.05, 0) is 24.6 Å². The first kappa shape index (κ1) is 21.8. The fourth-order valence-electron chi connectivity index (χ4n) is 4.82. The Morgan fingerprint density at radius 1 is 1.24 bits per heavy atom. The van der Waals surface area contributed by atoms with Gasteiger partial charge in [0.05, 0.1) is 29.4 Å². The molecule has 12 heteroatoms. The van der Waals surface area contributed by atoms with Gasteiger partial charge >= 0.3 is 6.09 Å². The van der Waals surface area contributed by atoms with Gasteiger partial charge in [-0.1, -0.05) is 0 Å². The average molecular weight is 479 g/mol. The highest BCUT2D eigenvalue weighted by Gasteiger charge is 2.44. The Morgan fingerprint density at radius 3 is 2.61 bits per heavy atom. The first-order chi connectivity index (χ1) is 15.7. The molecule has 3 aliphatic rings. The first-order valence-electron chi connectivity index (χ1n) is 10.6. The van der Waals surface area contributed by atoms with Crippen molar-refractivity contribution in [1.29, 1.82) is 0 Å². The first-order valence-corrected chi connectivity index (χ1v) is 12.4. The van der Waals surface area contributed by atoms with Gasteiger partial charge in [0, 0.05) is 37.7 Å². The maximum Gasteiger partial charge on any atom is 0.407 e. The van der Waals surface area contributed by atoms with E-state index in [2.05, 4.69) is 9.97 Å². The Morgan fingerprint density at radius 2 is 1.97 bits per heavy atom. The van der Waals surface area contributed by atoms with Crippen LogP contribution < -0.4 is 9.64 Å². The lowest BCUT2D eigenvalue weighted by Crippen LogP contribution is -2.58. The van der Waals surface area contributed by atoms with Crippen LogP contribution in [0.2, 0.25) is 0 Å². The Balaban J connectivity index is 1.41. The van der Waals surface area contributed by atoms with Crippen molar-refractivity contribution in [1.82, 2.24) is 14.9 Å². The molecule has 0 saturated carbocycles. The maximum atomic E-state index is 14.8. The summed E-state index contributed by atoms with van der Waals surface area (Å²) >= 11 is 0. The van der Waals surface area contributed by atoms with Crippen LogP contribution in [0.5, 0.6) is 5.88 Å². The zero-order valence-electron chi connectivity index (χ0n) is 17.8. The van der Waals surface area contributed by atoms with Crippen LogP contribution in [0.4, 0.5) is 20.7 Å². The van der Waals surface area contributed by atoms with E-state index in [1.165, 1.54) is 23.4 Å². The molecule has 0 aliphatic carbocycles. The number of likely N-dealkylation sites (tertiary alicyclic amines) is 1. The van der Waals surface area contributed by atoms with Gasteiger partial charge in [-0.2, -0.15) is 0 Å². The molecule has 2 unspecified atom stereocenters. The van der Waals surface area contributed by atoms with Gasteiger partial charge in [-0.15, -0.1) is 0 Å². The number of benzene rings is 1. The molecule has 0 radical (unpaired) electrons. The molecule has 10 nitrogen and oxygen atoms in total.